The van der Waals surface area contributed by atoms with Gasteiger partial charge in [-0.05, 0) is 65.5 Å². The summed E-state index contributed by atoms with van der Waals surface area (Å²) in [5.41, 5.74) is 15.4. The topological polar surface area (TPSA) is 54.5 Å². The first-order valence-electron chi connectivity index (χ1n) is 12.4. The minimum Gasteiger partial charge on any atom is -0.341 e. The molecule has 0 bridgehead atoms. The first kappa shape index (κ1) is 23.0. The number of hydrogen-bond acceptors (Lipinski definition) is 4. The van der Waals surface area contributed by atoms with Crippen LogP contribution in [0.2, 0.25) is 0 Å². The number of nitrogens with zero attached hydrogens (tertiary/aromatic N) is 3. The van der Waals surface area contributed by atoms with Gasteiger partial charge in [0.25, 0.3) is 0 Å². The SMILES string of the molecule is C=C1C(N)N=C(c2ccccc2)c2cc(CC)cc3c2N1CC3.C=Cc1cc2c(cn1)=CCCC=2. The van der Waals surface area contributed by atoms with Crippen molar-refractivity contribution in [2.24, 2.45) is 10.7 Å². The van der Waals surface area contributed by atoms with E-state index < -0.39 is 6.17 Å². The molecule has 35 heavy (non-hydrogen) atoms. The van der Waals surface area contributed by atoms with Gasteiger partial charge in [0.2, 0.25) is 0 Å². The number of fused-ring (bicyclic) bond motifs is 1. The first-order chi connectivity index (χ1) is 17.1. The zero-order chi connectivity index (χ0) is 24.4. The third kappa shape index (κ3) is 4.50. The second-order valence-corrected chi connectivity index (χ2v) is 9.11. The van der Waals surface area contributed by atoms with Gasteiger partial charge in [-0.15, -0.1) is 0 Å². The number of aliphatic imine (C=N–C) groups is 1. The van der Waals surface area contributed by atoms with Crippen LogP contribution in [-0.2, 0) is 12.8 Å². The van der Waals surface area contributed by atoms with Crippen molar-refractivity contribution in [3.63, 3.8) is 0 Å². The van der Waals surface area contributed by atoms with Gasteiger partial charge in [-0.3, -0.25) is 9.98 Å². The van der Waals surface area contributed by atoms with E-state index in [0.29, 0.717) is 0 Å². The van der Waals surface area contributed by atoms with Crippen molar-refractivity contribution in [1.82, 2.24) is 4.98 Å². The van der Waals surface area contributed by atoms with Gasteiger partial charge in [0, 0.05) is 23.9 Å². The van der Waals surface area contributed by atoms with Gasteiger partial charge >= 0.3 is 0 Å². The standard InChI is InChI=1S/C20H21N3.C11H11N/c1-3-14-11-16-9-10-23-13(2)20(21)22-18(17(12-14)19(16)23)15-7-5-4-6-8-15;1-2-11-7-9-5-3-4-6-10(9)8-12-11/h4-8,11-12,20H,2-3,9-10,21H2,1H3;2,5-8H,1,3-4H2. The van der Waals surface area contributed by atoms with Crippen molar-refractivity contribution in [3.8, 4) is 0 Å². The zero-order valence-electron chi connectivity index (χ0n) is 20.4. The molecule has 2 aliphatic heterocycles. The van der Waals surface area contributed by atoms with Crippen LogP contribution in [0.4, 0.5) is 5.69 Å². The molecule has 3 heterocycles. The van der Waals surface area contributed by atoms with E-state index in [2.05, 4.69) is 72.4 Å². The van der Waals surface area contributed by atoms with E-state index in [0.717, 1.165) is 54.9 Å². The summed E-state index contributed by atoms with van der Waals surface area (Å²) in [6.07, 6.45) is 12.1. The van der Waals surface area contributed by atoms with Crippen LogP contribution in [0.15, 0.2) is 78.6 Å². The number of anilines is 1. The van der Waals surface area contributed by atoms with E-state index in [9.17, 15) is 0 Å². The Morgan fingerprint density at radius 2 is 1.86 bits per heavy atom. The molecule has 3 aromatic rings. The molecule has 0 saturated carbocycles. The molecule has 1 aliphatic carbocycles. The van der Waals surface area contributed by atoms with Crippen LogP contribution >= 0.6 is 0 Å². The lowest BCUT2D eigenvalue weighted by atomic mass is 9.95. The summed E-state index contributed by atoms with van der Waals surface area (Å²) in [4.78, 5) is 11.3. The largest absolute Gasteiger partial charge is 0.341 e. The third-order valence-electron chi connectivity index (χ3n) is 6.88. The highest BCUT2D eigenvalue weighted by molar-refractivity contribution is 6.17. The van der Waals surface area contributed by atoms with E-state index in [1.807, 2.05) is 24.4 Å². The molecular weight excluding hydrogens is 428 g/mol. The van der Waals surface area contributed by atoms with Gasteiger partial charge in [-0.25, -0.2) is 0 Å². The molecule has 4 nitrogen and oxygen atoms in total. The van der Waals surface area contributed by atoms with Crippen LogP contribution in [0.3, 0.4) is 0 Å². The van der Waals surface area contributed by atoms with Crippen molar-refractivity contribution in [2.45, 2.75) is 38.8 Å². The molecule has 4 heteroatoms. The second kappa shape index (κ2) is 9.85. The number of pyridine rings is 1. The fraction of sp³-hybridized carbons (Fsp3) is 0.226. The molecule has 0 saturated heterocycles. The van der Waals surface area contributed by atoms with E-state index in [1.165, 1.54) is 32.8 Å². The molecule has 3 aliphatic rings. The molecule has 1 aromatic heterocycles. The highest BCUT2D eigenvalue weighted by Crippen LogP contribution is 2.39. The Kier molecular flexibility index (Phi) is 6.47. The van der Waals surface area contributed by atoms with E-state index in [4.69, 9.17) is 10.7 Å². The monoisotopic (exact) mass is 460 g/mol. The highest BCUT2D eigenvalue weighted by atomic mass is 15.2. The van der Waals surface area contributed by atoms with E-state index >= 15 is 0 Å². The molecule has 0 amide bonds. The number of hydrogen-bond donors (Lipinski definition) is 1. The van der Waals surface area contributed by atoms with Crippen molar-refractivity contribution in [2.75, 3.05) is 11.4 Å². The molecule has 6 rings (SSSR count). The third-order valence-corrected chi connectivity index (χ3v) is 6.88. The molecule has 0 fully saturated rings. The van der Waals surface area contributed by atoms with Crippen LogP contribution < -0.4 is 21.1 Å². The van der Waals surface area contributed by atoms with Gasteiger partial charge in [0.05, 0.1) is 22.8 Å². The minimum atomic E-state index is -0.395. The Balaban J connectivity index is 0.000000178. The van der Waals surface area contributed by atoms with Crippen LogP contribution in [0, 0.1) is 0 Å². The summed E-state index contributed by atoms with van der Waals surface area (Å²) in [6, 6.07) is 17.0. The van der Waals surface area contributed by atoms with Gasteiger partial charge in [-0.1, -0.05) is 68.6 Å². The molecule has 1 unspecified atom stereocenters. The average molecular weight is 461 g/mol. The van der Waals surface area contributed by atoms with Gasteiger partial charge in [0.1, 0.15) is 6.17 Å². The molecular formula is C31H32N4. The Morgan fingerprint density at radius 3 is 2.60 bits per heavy atom. The summed E-state index contributed by atoms with van der Waals surface area (Å²) in [5.74, 6) is 0. The Hall–Kier alpha value is -3.76. The van der Waals surface area contributed by atoms with Crippen molar-refractivity contribution in [3.05, 3.63) is 112 Å². The van der Waals surface area contributed by atoms with Gasteiger partial charge in [-0.2, -0.15) is 0 Å². The maximum atomic E-state index is 6.32. The van der Waals surface area contributed by atoms with Crippen molar-refractivity contribution in [1.29, 1.82) is 0 Å². The number of aromatic nitrogens is 1. The lowest BCUT2D eigenvalue weighted by molar-refractivity contribution is 0.771. The first-order valence-corrected chi connectivity index (χ1v) is 12.4. The molecule has 0 radical (unpaired) electrons. The molecule has 176 valence electrons. The summed E-state index contributed by atoms with van der Waals surface area (Å²) in [6.45, 7) is 11.0. The van der Waals surface area contributed by atoms with Crippen LogP contribution in [0.25, 0.3) is 18.2 Å². The molecule has 2 N–H and O–H groups in total. The van der Waals surface area contributed by atoms with E-state index in [1.54, 1.807) is 6.08 Å². The molecule has 2 aromatic carbocycles. The number of aryl methyl sites for hydroxylation is 1. The smallest absolute Gasteiger partial charge is 0.138 e. The Bertz CT molecular complexity index is 1430. The normalized spacial score (nSPS) is 17.5. The van der Waals surface area contributed by atoms with Gasteiger partial charge in [0.15, 0.2) is 0 Å². The van der Waals surface area contributed by atoms with Gasteiger partial charge < -0.3 is 10.6 Å². The fourth-order valence-corrected chi connectivity index (χ4v) is 4.99. The van der Waals surface area contributed by atoms with Crippen molar-refractivity contribution >= 4 is 29.6 Å². The number of nitrogens with two attached hydrogens (primary N) is 1. The highest BCUT2D eigenvalue weighted by Gasteiger charge is 2.32. The number of rotatable bonds is 3. The summed E-state index contributed by atoms with van der Waals surface area (Å²) in [5, 5.41) is 2.55. The quantitative estimate of drug-likeness (QED) is 0.633. The lowest BCUT2D eigenvalue weighted by Gasteiger charge is -2.23. The van der Waals surface area contributed by atoms with Crippen LogP contribution in [-0.4, -0.2) is 23.4 Å². The van der Waals surface area contributed by atoms with Crippen molar-refractivity contribution < 1.29 is 0 Å². The minimum absolute atomic E-state index is 0.395. The Morgan fingerprint density at radius 1 is 1.09 bits per heavy atom. The maximum absolute atomic E-state index is 6.32. The molecule has 1 atom stereocenters. The predicted octanol–water partition coefficient (Wildman–Crippen LogP) is 4.34. The summed E-state index contributed by atoms with van der Waals surface area (Å²) in [7, 11) is 0. The molecule has 0 spiro atoms. The number of benzene rings is 2. The second-order valence-electron chi connectivity index (χ2n) is 9.11. The predicted molar refractivity (Wildman–Crippen MR) is 148 cm³/mol. The maximum Gasteiger partial charge on any atom is 0.138 e. The zero-order valence-corrected chi connectivity index (χ0v) is 20.4. The van der Waals surface area contributed by atoms with Crippen LogP contribution in [0.5, 0.6) is 0 Å². The fourth-order valence-electron chi connectivity index (χ4n) is 4.99. The van der Waals surface area contributed by atoms with Crippen LogP contribution in [0.1, 0.15) is 47.7 Å². The lowest BCUT2D eigenvalue weighted by Crippen LogP contribution is -2.31. The Labute approximate surface area is 207 Å². The summed E-state index contributed by atoms with van der Waals surface area (Å²) >= 11 is 0. The summed E-state index contributed by atoms with van der Waals surface area (Å²) < 4.78 is 0. The van der Waals surface area contributed by atoms with E-state index in [-0.39, 0.29) is 0 Å². The average Bonchev–Trinajstić information content (AvgIpc) is 3.31.